The maximum absolute atomic E-state index is 14.0. The fourth-order valence-corrected chi connectivity index (χ4v) is 3.15. The summed E-state index contributed by atoms with van der Waals surface area (Å²) >= 11 is 3.31. The highest BCUT2D eigenvalue weighted by Gasteiger charge is 2.33. The van der Waals surface area contributed by atoms with Crippen LogP contribution in [0.4, 0.5) is 4.39 Å². The van der Waals surface area contributed by atoms with Gasteiger partial charge < -0.3 is 5.32 Å². The van der Waals surface area contributed by atoms with Gasteiger partial charge in [0.15, 0.2) is 0 Å². The quantitative estimate of drug-likeness (QED) is 0.891. The van der Waals surface area contributed by atoms with Crippen LogP contribution in [0.2, 0.25) is 0 Å². The molecule has 0 aromatic heterocycles. The molecule has 112 valence electrons. The average Bonchev–Trinajstić information content (AvgIpc) is 2.42. The second-order valence-corrected chi connectivity index (χ2v) is 6.91. The molecule has 2 nitrogen and oxygen atoms in total. The third-order valence-electron chi connectivity index (χ3n) is 4.47. The summed E-state index contributed by atoms with van der Waals surface area (Å²) in [6.07, 6.45) is 2.17. The van der Waals surface area contributed by atoms with Crippen LogP contribution in [-0.4, -0.2) is 29.6 Å². The van der Waals surface area contributed by atoms with Gasteiger partial charge in [0.1, 0.15) is 5.82 Å². The summed E-state index contributed by atoms with van der Waals surface area (Å²) in [5, 5.41) is 3.64. The molecule has 1 saturated heterocycles. The number of nitrogens with zero attached hydrogens (tertiary/aromatic N) is 1. The van der Waals surface area contributed by atoms with Crippen LogP contribution >= 0.6 is 15.9 Å². The lowest BCUT2D eigenvalue weighted by Gasteiger charge is -2.46. The largest absolute Gasteiger partial charge is 0.309 e. The van der Waals surface area contributed by atoms with Gasteiger partial charge in [-0.15, -0.1) is 0 Å². The Morgan fingerprint density at radius 1 is 1.45 bits per heavy atom. The molecule has 4 heteroatoms. The van der Waals surface area contributed by atoms with Gasteiger partial charge in [0, 0.05) is 41.3 Å². The van der Waals surface area contributed by atoms with Crippen molar-refractivity contribution in [1.29, 1.82) is 0 Å². The summed E-state index contributed by atoms with van der Waals surface area (Å²) in [6, 6.07) is 5.84. The fraction of sp³-hybridized carbons (Fsp3) is 0.625. The lowest BCUT2D eigenvalue weighted by atomic mass is 9.92. The van der Waals surface area contributed by atoms with Crippen molar-refractivity contribution in [2.24, 2.45) is 0 Å². The van der Waals surface area contributed by atoms with Gasteiger partial charge in [-0.3, -0.25) is 4.90 Å². The molecule has 0 amide bonds. The highest BCUT2D eigenvalue weighted by atomic mass is 79.9. The topological polar surface area (TPSA) is 15.3 Å². The molecule has 0 bridgehead atoms. The predicted molar refractivity (Wildman–Crippen MR) is 85.3 cm³/mol. The summed E-state index contributed by atoms with van der Waals surface area (Å²) in [5.41, 5.74) is 0.921. The fourth-order valence-electron chi connectivity index (χ4n) is 2.82. The smallest absolute Gasteiger partial charge is 0.128 e. The number of hydrogen-bond donors (Lipinski definition) is 1. The average molecular weight is 343 g/mol. The standard InChI is InChI=1S/C16H24BrFN2/c1-4-14-9-19-16(3,5-2)11-20(14)10-12-6-7-13(17)8-15(12)18/h6-8,14,19H,4-5,9-11H2,1-3H3. The molecule has 1 heterocycles. The van der Waals surface area contributed by atoms with Crippen LogP contribution in [0.5, 0.6) is 0 Å². The predicted octanol–water partition coefficient (Wildman–Crippen LogP) is 3.94. The highest BCUT2D eigenvalue weighted by Crippen LogP contribution is 2.24. The van der Waals surface area contributed by atoms with Crippen molar-refractivity contribution in [3.63, 3.8) is 0 Å². The van der Waals surface area contributed by atoms with E-state index in [4.69, 9.17) is 0 Å². The number of benzene rings is 1. The van der Waals surface area contributed by atoms with Crippen molar-refractivity contribution in [2.75, 3.05) is 13.1 Å². The third kappa shape index (κ3) is 3.60. The summed E-state index contributed by atoms with van der Waals surface area (Å²) in [7, 11) is 0. The lowest BCUT2D eigenvalue weighted by molar-refractivity contribution is 0.0745. The van der Waals surface area contributed by atoms with Gasteiger partial charge >= 0.3 is 0 Å². The van der Waals surface area contributed by atoms with E-state index >= 15 is 0 Å². The van der Waals surface area contributed by atoms with Gasteiger partial charge in [-0.05, 0) is 31.9 Å². The van der Waals surface area contributed by atoms with E-state index in [-0.39, 0.29) is 11.4 Å². The normalized spacial score (nSPS) is 27.8. The van der Waals surface area contributed by atoms with Crippen molar-refractivity contribution < 1.29 is 4.39 Å². The molecule has 1 N–H and O–H groups in total. The Balaban J connectivity index is 2.15. The van der Waals surface area contributed by atoms with Crippen molar-refractivity contribution in [3.05, 3.63) is 34.1 Å². The summed E-state index contributed by atoms with van der Waals surface area (Å²) < 4.78 is 14.8. The van der Waals surface area contributed by atoms with Crippen LogP contribution in [0.25, 0.3) is 0 Å². The van der Waals surface area contributed by atoms with Crippen molar-refractivity contribution in [3.8, 4) is 0 Å². The summed E-state index contributed by atoms with van der Waals surface area (Å²) in [5.74, 6) is -0.119. The zero-order valence-electron chi connectivity index (χ0n) is 12.5. The zero-order valence-corrected chi connectivity index (χ0v) is 14.1. The van der Waals surface area contributed by atoms with Gasteiger partial charge in [-0.25, -0.2) is 4.39 Å². The van der Waals surface area contributed by atoms with E-state index in [1.54, 1.807) is 6.07 Å². The minimum atomic E-state index is -0.119. The van der Waals surface area contributed by atoms with Crippen LogP contribution in [0.3, 0.4) is 0 Å². The van der Waals surface area contributed by atoms with Crippen molar-refractivity contribution >= 4 is 15.9 Å². The lowest BCUT2D eigenvalue weighted by Crippen LogP contribution is -2.62. The van der Waals surface area contributed by atoms with Gasteiger partial charge in [-0.2, -0.15) is 0 Å². The Bertz CT molecular complexity index is 466. The molecule has 2 rings (SSSR count). The van der Waals surface area contributed by atoms with Crippen LogP contribution in [0, 0.1) is 5.82 Å². The molecule has 0 radical (unpaired) electrons. The molecule has 0 aliphatic carbocycles. The molecular formula is C16H24BrFN2. The molecule has 1 fully saturated rings. The van der Waals surface area contributed by atoms with Crippen LogP contribution in [0.15, 0.2) is 22.7 Å². The molecule has 1 aliphatic heterocycles. The van der Waals surface area contributed by atoms with Crippen LogP contribution < -0.4 is 5.32 Å². The Morgan fingerprint density at radius 3 is 2.80 bits per heavy atom. The van der Waals surface area contributed by atoms with Gasteiger partial charge in [-0.1, -0.05) is 35.8 Å². The maximum atomic E-state index is 14.0. The monoisotopic (exact) mass is 342 g/mol. The van der Waals surface area contributed by atoms with Crippen LogP contribution in [0.1, 0.15) is 39.2 Å². The van der Waals surface area contributed by atoms with Crippen molar-refractivity contribution in [2.45, 2.75) is 51.7 Å². The van der Waals surface area contributed by atoms with E-state index in [1.807, 2.05) is 12.1 Å². The number of rotatable bonds is 4. The summed E-state index contributed by atoms with van der Waals surface area (Å²) in [4.78, 5) is 2.42. The minimum absolute atomic E-state index is 0.119. The Kier molecular flexibility index (Phi) is 5.21. The second kappa shape index (κ2) is 6.54. The third-order valence-corrected chi connectivity index (χ3v) is 4.97. The van der Waals surface area contributed by atoms with Gasteiger partial charge in [0.2, 0.25) is 0 Å². The molecule has 2 unspecified atom stereocenters. The molecule has 1 aromatic rings. The van der Waals surface area contributed by atoms with Gasteiger partial charge in [0.25, 0.3) is 0 Å². The van der Waals surface area contributed by atoms with E-state index in [0.29, 0.717) is 12.6 Å². The second-order valence-electron chi connectivity index (χ2n) is 6.00. The van der Waals surface area contributed by atoms with E-state index < -0.39 is 0 Å². The molecule has 0 spiro atoms. The summed E-state index contributed by atoms with van der Waals surface area (Å²) in [6.45, 7) is 9.30. The van der Waals surface area contributed by atoms with E-state index in [9.17, 15) is 4.39 Å². The molecule has 20 heavy (non-hydrogen) atoms. The van der Waals surface area contributed by atoms with E-state index in [2.05, 4.69) is 46.9 Å². The van der Waals surface area contributed by atoms with E-state index in [0.717, 1.165) is 36.0 Å². The number of halogens is 2. The number of nitrogens with one attached hydrogen (secondary N) is 1. The van der Waals surface area contributed by atoms with Gasteiger partial charge in [0.05, 0.1) is 0 Å². The molecule has 0 saturated carbocycles. The number of piperazine rings is 1. The zero-order chi connectivity index (χ0) is 14.8. The Hall–Kier alpha value is -0.450. The Labute approximate surface area is 129 Å². The first-order valence-electron chi connectivity index (χ1n) is 7.40. The molecule has 2 atom stereocenters. The van der Waals surface area contributed by atoms with E-state index in [1.165, 1.54) is 0 Å². The SMILES string of the molecule is CCC1CNC(C)(CC)CN1Cc1ccc(Br)cc1F. The first-order chi connectivity index (χ1) is 9.47. The number of hydrogen-bond acceptors (Lipinski definition) is 2. The molecule has 1 aromatic carbocycles. The van der Waals surface area contributed by atoms with Crippen molar-refractivity contribution in [1.82, 2.24) is 10.2 Å². The molecule has 1 aliphatic rings. The van der Waals surface area contributed by atoms with Crippen LogP contribution in [-0.2, 0) is 6.54 Å². The molecular weight excluding hydrogens is 319 g/mol. The highest BCUT2D eigenvalue weighted by molar-refractivity contribution is 9.10. The Morgan fingerprint density at radius 2 is 2.20 bits per heavy atom. The minimum Gasteiger partial charge on any atom is -0.309 e. The maximum Gasteiger partial charge on any atom is 0.128 e. The first kappa shape index (κ1) is 15.9. The first-order valence-corrected chi connectivity index (χ1v) is 8.19.